The van der Waals surface area contributed by atoms with E-state index in [1.54, 1.807) is 6.07 Å². The number of carbonyl (C=O) groups is 1. The molecule has 1 aromatic rings. The molecule has 0 aliphatic rings. The van der Waals surface area contributed by atoms with E-state index in [-0.39, 0.29) is 16.3 Å². The molecule has 0 unspecified atom stereocenters. The molecule has 0 aliphatic carbocycles. The van der Waals surface area contributed by atoms with Gasteiger partial charge in [0.1, 0.15) is 0 Å². The van der Waals surface area contributed by atoms with Crippen LogP contribution in [0, 0.1) is 21.4 Å². The maximum Gasteiger partial charge on any atom is 0.327 e. The molecule has 0 amide bonds. The van der Waals surface area contributed by atoms with E-state index in [1.165, 1.54) is 12.1 Å². The Bertz CT molecular complexity index is 510. The zero-order valence-corrected chi connectivity index (χ0v) is 9.47. The highest BCUT2D eigenvalue weighted by Crippen LogP contribution is 2.29. The van der Waals surface area contributed by atoms with Crippen LogP contribution in [0.15, 0.2) is 18.2 Å². The van der Waals surface area contributed by atoms with Gasteiger partial charge in [0.25, 0.3) is 5.69 Å². The second-order valence-corrected chi connectivity index (χ2v) is 3.48. The van der Waals surface area contributed by atoms with Crippen LogP contribution >= 0.6 is 11.6 Å². The Morgan fingerprint density at radius 2 is 2.29 bits per heavy atom. The molecular formula is C10H7ClN2O4. The Kier molecular flexibility index (Phi) is 4.01. The number of halogens is 1. The van der Waals surface area contributed by atoms with E-state index in [1.807, 2.05) is 0 Å². The van der Waals surface area contributed by atoms with Crippen LogP contribution in [0.2, 0.25) is 5.02 Å². The summed E-state index contributed by atoms with van der Waals surface area (Å²) in [4.78, 5) is 21.4. The van der Waals surface area contributed by atoms with Crippen molar-refractivity contribution in [1.29, 1.82) is 5.26 Å². The zero-order valence-electron chi connectivity index (χ0n) is 8.71. The van der Waals surface area contributed by atoms with Crippen LogP contribution in [-0.4, -0.2) is 18.0 Å². The van der Waals surface area contributed by atoms with E-state index >= 15 is 0 Å². The van der Waals surface area contributed by atoms with E-state index in [9.17, 15) is 14.9 Å². The predicted octanol–water partition coefficient (Wildman–Crippen LogP) is 2.03. The van der Waals surface area contributed by atoms with Gasteiger partial charge in [-0.15, -0.1) is 0 Å². The van der Waals surface area contributed by atoms with E-state index in [2.05, 4.69) is 4.74 Å². The molecule has 7 heteroatoms. The highest BCUT2D eigenvalue weighted by atomic mass is 35.5. The van der Waals surface area contributed by atoms with Crippen molar-refractivity contribution in [2.75, 3.05) is 7.11 Å². The number of nitro benzene ring substituents is 1. The predicted molar refractivity (Wildman–Crippen MR) is 58.5 cm³/mol. The van der Waals surface area contributed by atoms with Gasteiger partial charge < -0.3 is 4.74 Å². The minimum Gasteiger partial charge on any atom is -0.468 e. The smallest absolute Gasteiger partial charge is 0.327 e. The quantitative estimate of drug-likeness (QED) is 0.467. The third-order valence-electron chi connectivity index (χ3n) is 2.06. The minimum atomic E-state index is -1.36. The molecule has 1 aromatic carbocycles. The number of hydrogen-bond acceptors (Lipinski definition) is 5. The van der Waals surface area contributed by atoms with Crippen LogP contribution in [0.1, 0.15) is 11.5 Å². The summed E-state index contributed by atoms with van der Waals surface area (Å²) in [6.45, 7) is 0. The fraction of sp³-hybridized carbons (Fsp3) is 0.200. The summed E-state index contributed by atoms with van der Waals surface area (Å²) in [5, 5.41) is 19.8. The fourth-order valence-electron chi connectivity index (χ4n) is 1.29. The van der Waals surface area contributed by atoms with Gasteiger partial charge in [-0.2, -0.15) is 5.26 Å². The largest absolute Gasteiger partial charge is 0.468 e. The van der Waals surface area contributed by atoms with Gasteiger partial charge in [0, 0.05) is 11.1 Å². The molecule has 0 bridgehead atoms. The number of esters is 1. The molecule has 0 aromatic heterocycles. The summed E-state index contributed by atoms with van der Waals surface area (Å²) in [6.07, 6.45) is 0. The van der Waals surface area contributed by atoms with Crippen molar-refractivity contribution in [2.24, 2.45) is 0 Å². The van der Waals surface area contributed by atoms with Crippen LogP contribution in [0.4, 0.5) is 5.69 Å². The molecule has 0 saturated heterocycles. The average molecular weight is 255 g/mol. The van der Waals surface area contributed by atoms with Gasteiger partial charge in [-0.25, -0.2) is 0 Å². The lowest BCUT2D eigenvalue weighted by atomic mass is 9.99. The molecule has 0 N–H and O–H groups in total. The second-order valence-electron chi connectivity index (χ2n) is 3.05. The normalized spacial score (nSPS) is 11.4. The van der Waals surface area contributed by atoms with Crippen LogP contribution in [-0.2, 0) is 9.53 Å². The minimum absolute atomic E-state index is 0.0724. The maximum absolute atomic E-state index is 11.3. The zero-order chi connectivity index (χ0) is 13.0. The van der Waals surface area contributed by atoms with Crippen molar-refractivity contribution in [3.63, 3.8) is 0 Å². The summed E-state index contributed by atoms with van der Waals surface area (Å²) in [6, 6.07) is 5.32. The van der Waals surface area contributed by atoms with Gasteiger partial charge in [-0.3, -0.25) is 14.9 Å². The molecule has 0 fully saturated rings. The van der Waals surface area contributed by atoms with E-state index in [0.717, 1.165) is 13.2 Å². The van der Waals surface area contributed by atoms with Crippen LogP contribution in [0.25, 0.3) is 0 Å². The summed E-state index contributed by atoms with van der Waals surface area (Å²) in [5.74, 6) is -2.23. The molecule has 6 nitrogen and oxygen atoms in total. The highest BCUT2D eigenvalue weighted by Gasteiger charge is 2.29. The molecule has 1 atom stereocenters. The Morgan fingerprint density at radius 1 is 1.65 bits per heavy atom. The van der Waals surface area contributed by atoms with Crippen LogP contribution in [0.3, 0.4) is 0 Å². The molecule has 0 spiro atoms. The van der Waals surface area contributed by atoms with Gasteiger partial charge in [-0.1, -0.05) is 11.6 Å². The number of nitro groups is 1. The van der Waals surface area contributed by atoms with E-state index in [4.69, 9.17) is 16.9 Å². The Hall–Kier alpha value is -2.13. The lowest BCUT2D eigenvalue weighted by Crippen LogP contribution is -2.14. The lowest BCUT2D eigenvalue weighted by Gasteiger charge is -2.07. The van der Waals surface area contributed by atoms with Crippen LogP contribution in [0.5, 0.6) is 0 Å². The van der Waals surface area contributed by atoms with E-state index in [0.29, 0.717) is 0 Å². The fourth-order valence-corrected chi connectivity index (χ4v) is 1.47. The van der Waals surface area contributed by atoms with Gasteiger partial charge in [0.2, 0.25) is 0 Å². The molecule has 88 valence electrons. The van der Waals surface area contributed by atoms with Gasteiger partial charge in [0.05, 0.1) is 23.7 Å². The number of benzene rings is 1. The number of nitrogens with zero attached hydrogens (tertiary/aromatic N) is 2. The van der Waals surface area contributed by atoms with Gasteiger partial charge in [-0.05, 0) is 12.1 Å². The molecule has 0 radical (unpaired) electrons. The van der Waals surface area contributed by atoms with Crippen molar-refractivity contribution >= 4 is 23.3 Å². The molecule has 0 heterocycles. The first kappa shape index (κ1) is 12.9. The molecule has 17 heavy (non-hydrogen) atoms. The monoisotopic (exact) mass is 254 g/mol. The first-order valence-corrected chi connectivity index (χ1v) is 4.80. The van der Waals surface area contributed by atoms with Gasteiger partial charge in [0.15, 0.2) is 5.92 Å². The number of hydrogen-bond donors (Lipinski definition) is 0. The third-order valence-corrected chi connectivity index (χ3v) is 2.30. The average Bonchev–Trinajstić information content (AvgIpc) is 2.29. The number of rotatable bonds is 3. The van der Waals surface area contributed by atoms with Crippen molar-refractivity contribution in [3.8, 4) is 6.07 Å². The Labute approximate surface area is 102 Å². The number of nitriles is 1. The standard InChI is InChI=1S/C10H7ClN2O4/c1-17-10(14)8(5-12)7-4-6(11)2-3-9(7)13(15)16/h2-4,8H,1H3/t8-/m1/s1. The number of methoxy groups -OCH3 is 1. The van der Waals surface area contributed by atoms with Crippen molar-refractivity contribution in [2.45, 2.75) is 5.92 Å². The van der Waals surface area contributed by atoms with Gasteiger partial charge >= 0.3 is 5.97 Å². The van der Waals surface area contributed by atoms with E-state index < -0.39 is 16.8 Å². The number of carbonyl (C=O) groups excluding carboxylic acids is 1. The van der Waals surface area contributed by atoms with Crippen molar-refractivity contribution in [1.82, 2.24) is 0 Å². The summed E-state index contributed by atoms with van der Waals surface area (Å²) >= 11 is 5.69. The van der Waals surface area contributed by atoms with Crippen molar-refractivity contribution in [3.05, 3.63) is 38.9 Å². The Morgan fingerprint density at radius 3 is 2.76 bits per heavy atom. The first-order valence-electron chi connectivity index (χ1n) is 4.42. The van der Waals surface area contributed by atoms with Crippen LogP contribution < -0.4 is 0 Å². The maximum atomic E-state index is 11.3. The van der Waals surface area contributed by atoms with Crippen molar-refractivity contribution < 1.29 is 14.5 Å². The third kappa shape index (κ3) is 2.71. The summed E-state index contributed by atoms with van der Waals surface area (Å²) in [5.41, 5.74) is -0.414. The number of ether oxygens (including phenoxy) is 1. The highest BCUT2D eigenvalue weighted by molar-refractivity contribution is 6.30. The molecular weight excluding hydrogens is 248 g/mol. The topological polar surface area (TPSA) is 93.2 Å². The summed E-state index contributed by atoms with van der Waals surface area (Å²) in [7, 11) is 1.10. The first-order chi connectivity index (χ1) is 8.01. The lowest BCUT2D eigenvalue weighted by molar-refractivity contribution is -0.385. The SMILES string of the molecule is COC(=O)[C@H](C#N)c1cc(Cl)ccc1[N+](=O)[O-]. The Balaban J connectivity index is 3.37. The summed E-state index contributed by atoms with van der Waals surface area (Å²) < 4.78 is 4.41. The molecule has 1 rings (SSSR count). The molecule has 0 saturated carbocycles. The molecule has 0 aliphatic heterocycles. The second kappa shape index (κ2) is 5.27.